The molecular weight excluding hydrogens is 348 g/mol. The van der Waals surface area contributed by atoms with Gasteiger partial charge in [-0.25, -0.2) is 4.79 Å². The highest BCUT2D eigenvalue weighted by molar-refractivity contribution is 6.30. The minimum Gasteiger partial charge on any atom is -0.478 e. The quantitative estimate of drug-likeness (QED) is 0.641. The van der Waals surface area contributed by atoms with Crippen molar-refractivity contribution in [3.8, 4) is 5.69 Å². The van der Waals surface area contributed by atoms with Gasteiger partial charge in [-0.2, -0.15) is 0 Å². The Morgan fingerprint density at radius 1 is 1.12 bits per heavy atom. The first-order valence-electron chi connectivity index (χ1n) is 8.22. The van der Waals surface area contributed by atoms with Crippen LogP contribution < -0.4 is 0 Å². The minimum absolute atomic E-state index is 0.282. The zero-order valence-corrected chi connectivity index (χ0v) is 15.4. The Kier molecular flexibility index (Phi) is 5.24. The van der Waals surface area contributed by atoms with E-state index in [1.165, 1.54) is 0 Å². The lowest BCUT2D eigenvalue weighted by atomic mass is 10.1. The average molecular weight is 367 g/mol. The molecule has 0 radical (unpaired) electrons. The summed E-state index contributed by atoms with van der Waals surface area (Å²) < 4.78 is 2.17. The van der Waals surface area contributed by atoms with Gasteiger partial charge in [0, 0.05) is 33.9 Å². The number of nitrogens with zero attached hydrogens (tertiary/aromatic N) is 2. The molecule has 0 aliphatic carbocycles. The number of carbonyl (C=O) groups is 1. The Bertz CT molecular complexity index is 955. The van der Waals surface area contributed by atoms with Crippen LogP contribution in [0.2, 0.25) is 5.02 Å². The molecule has 1 heterocycles. The van der Waals surface area contributed by atoms with E-state index < -0.39 is 5.97 Å². The molecule has 0 bridgehead atoms. The maximum atomic E-state index is 10.9. The standard InChI is InChI=1S/C21H19ClN2O2/c1-14-11-18(15(2)24(14)20-9-7-19(22)8-10-20)13-23-12-16-3-5-17(6-4-16)21(25)26/h3-11,13H,12H2,1-2H3,(H,25,26). The van der Waals surface area contributed by atoms with E-state index in [1.54, 1.807) is 24.3 Å². The number of carboxylic acids is 1. The van der Waals surface area contributed by atoms with Crippen molar-refractivity contribution in [2.24, 2.45) is 4.99 Å². The fourth-order valence-corrected chi connectivity index (χ4v) is 3.03. The summed E-state index contributed by atoms with van der Waals surface area (Å²) in [6.07, 6.45) is 1.86. The van der Waals surface area contributed by atoms with Gasteiger partial charge in [0.2, 0.25) is 0 Å². The Balaban J connectivity index is 1.78. The zero-order valence-electron chi connectivity index (χ0n) is 14.6. The summed E-state index contributed by atoms with van der Waals surface area (Å²) in [6.45, 7) is 4.62. The van der Waals surface area contributed by atoms with Gasteiger partial charge in [-0.15, -0.1) is 0 Å². The van der Waals surface area contributed by atoms with Crippen molar-refractivity contribution in [1.82, 2.24) is 4.57 Å². The lowest BCUT2D eigenvalue weighted by Gasteiger charge is -2.09. The van der Waals surface area contributed by atoms with Gasteiger partial charge in [0.25, 0.3) is 0 Å². The van der Waals surface area contributed by atoms with Crippen molar-refractivity contribution < 1.29 is 9.90 Å². The molecule has 0 aliphatic heterocycles. The van der Waals surface area contributed by atoms with Crippen LogP contribution >= 0.6 is 11.6 Å². The van der Waals surface area contributed by atoms with Crippen LogP contribution in [0.1, 0.15) is 32.9 Å². The van der Waals surface area contributed by atoms with Crippen LogP contribution in [0.4, 0.5) is 0 Å². The summed E-state index contributed by atoms with van der Waals surface area (Å²) in [6, 6.07) is 16.6. The molecule has 0 saturated carbocycles. The summed E-state index contributed by atoms with van der Waals surface area (Å²) in [5.74, 6) is -0.922. The second kappa shape index (κ2) is 7.58. The Morgan fingerprint density at radius 2 is 1.77 bits per heavy atom. The van der Waals surface area contributed by atoms with E-state index in [4.69, 9.17) is 16.7 Å². The van der Waals surface area contributed by atoms with Gasteiger partial charge in [-0.05, 0) is 61.9 Å². The van der Waals surface area contributed by atoms with Crippen molar-refractivity contribution in [2.75, 3.05) is 0 Å². The van der Waals surface area contributed by atoms with Crippen LogP contribution in [0.25, 0.3) is 5.69 Å². The van der Waals surface area contributed by atoms with Crippen molar-refractivity contribution >= 4 is 23.8 Å². The van der Waals surface area contributed by atoms with E-state index in [9.17, 15) is 4.79 Å². The second-order valence-corrected chi connectivity index (χ2v) is 6.55. The van der Waals surface area contributed by atoms with E-state index in [-0.39, 0.29) is 5.56 Å². The monoisotopic (exact) mass is 366 g/mol. The smallest absolute Gasteiger partial charge is 0.335 e. The molecular formula is C21H19ClN2O2. The topological polar surface area (TPSA) is 54.6 Å². The van der Waals surface area contributed by atoms with Crippen LogP contribution in [0.5, 0.6) is 0 Å². The van der Waals surface area contributed by atoms with E-state index in [1.807, 2.05) is 30.5 Å². The number of carboxylic acid groups (broad SMARTS) is 1. The first kappa shape index (κ1) is 18.0. The zero-order chi connectivity index (χ0) is 18.7. The molecule has 5 heteroatoms. The Labute approximate surface area is 157 Å². The molecule has 0 fully saturated rings. The van der Waals surface area contributed by atoms with Crippen LogP contribution in [0, 0.1) is 13.8 Å². The third-order valence-corrected chi connectivity index (χ3v) is 4.51. The van der Waals surface area contributed by atoms with Crippen LogP contribution in [0.3, 0.4) is 0 Å². The molecule has 0 atom stereocenters. The molecule has 0 spiro atoms. The number of rotatable bonds is 5. The first-order chi connectivity index (χ1) is 12.5. The number of aromatic carboxylic acids is 1. The van der Waals surface area contributed by atoms with Gasteiger partial charge >= 0.3 is 5.97 Å². The largest absolute Gasteiger partial charge is 0.478 e. The Hall–Kier alpha value is -2.85. The average Bonchev–Trinajstić information content (AvgIpc) is 2.90. The van der Waals surface area contributed by atoms with Crippen molar-refractivity contribution in [2.45, 2.75) is 20.4 Å². The first-order valence-corrected chi connectivity index (χ1v) is 8.60. The number of aromatic nitrogens is 1. The summed E-state index contributed by atoms with van der Waals surface area (Å²) in [7, 11) is 0. The van der Waals surface area contributed by atoms with Crippen molar-refractivity contribution in [1.29, 1.82) is 0 Å². The summed E-state index contributed by atoms with van der Waals surface area (Å²) in [5, 5.41) is 9.64. The molecule has 3 aromatic rings. The van der Waals surface area contributed by atoms with Gasteiger partial charge in [0.1, 0.15) is 0 Å². The highest BCUT2D eigenvalue weighted by Gasteiger charge is 2.09. The van der Waals surface area contributed by atoms with E-state index >= 15 is 0 Å². The molecule has 0 amide bonds. The molecule has 0 aliphatic rings. The lowest BCUT2D eigenvalue weighted by molar-refractivity contribution is 0.0697. The highest BCUT2D eigenvalue weighted by Crippen LogP contribution is 2.21. The van der Waals surface area contributed by atoms with E-state index in [0.29, 0.717) is 11.6 Å². The molecule has 1 N–H and O–H groups in total. The van der Waals surface area contributed by atoms with Crippen LogP contribution in [-0.2, 0) is 6.54 Å². The maximum Gasteiger partial charge on any atom is 0.335 e. The predicted octanol–water partition coefficient (Wildman–Crippen LogP) is 5.06. The predicted molar refractivity (Wildman–Crippen MR) is 105 cm³/mol. The Morgan fingerprint density at radius 3 is 2.38 bits per heavy atom. The number of hydrogen-bond donors (Lipinski definition) is 1. The second-order valence-electron chi connectivity index (χ2n) is 6.11. The number of aryl methyl sites for hydroxylation is 1. The highest BCUT2D eigenvalue weighted by atomic mass is 35.5. The van der Waals surface area contributed by atoms with Gasteiger partial charge in [0.05, 0.1) is 12.1 Å². The van der Waals surface area contributed by atoms with Crippen molar-refractivity contribution in [3.05, 3.63) is 87.7 Å². The van der Waals surface area contributed by atoms with E-state index in [0.717, 1.165) is 28.2 Å². The molecule has 1 aromatic heterocycles. The summed E-state index contributed by atoms with van der Waals surface area (Å²) >= 11 is 5.97. The molecule has 132 valence electrons. The molecule has 2 aromatic carbocycles. The lowest BCUT2D eigenvalue weighted by Crippen LogP contribution is -1.99. The van der Waals surface area contributed by atoms with Crippen LogP contribution in [-0.4, -0.2) is 21.9 Å². The van der Waals surface area contributed by atoms with Gasteiger partial charge in [-0.3, -0.25) is 4.99 Å². The number of aliphatic imine (C=N–C) groups is 1. The SMILES string of the molecule is Cc1cc(C=NCc2ccc(C(=O)O)cc2)c(C)n1-c1ccc(Cl)cc1. The third-order valence-electron chi connectivity index (χ3n) is 4.26. The van der Waals surface area contributed by atoms with E-state index in [2.05, 4.69) is 29.5 Å². The fourth-order valence-electron chi connectivity index (χ4n) is 2.91. The third kappa shape index (κ3) is 3.86. The van der Waals surface area contributed by atoms with Gasteiger partial charge < -0.3 is 9.67 Å². The normalized spacial score (nSPS) is 11.2. The molecule has 0 unspecified atom stereocenters. The fraction of sp³-hybridized carbons (Fsp3) is 0.143. The molecule has 3 rings (SSSR count). The van der Waals surface area contributed by atoms with Gasteiger partial charge in [-0.1, -0.05) is 23.7 Å². The van der Waals surface area contributed by atoms with Crippen molar-refractivity contribution in [3.63, 3.8) is 0 Å². The number of benzene rings is 2. The molecule has 0 saturated heterocycles. The molecule has 4 nitrogen and oxygen atoms in total. The van der Waals surface area contributed by atoms with Crippen LogP contribution in [0.15, 0.2) is 59.6 Å². The summed E-state index contributed by atoms with van der Waals surface area (Å²) in [5.41, 5.74) is 5.60. The minimum atomic E-state index is -0.922. The van der Waals surface area contributed by atoms with Gasteiger partial charge in [0.15, 0.2) is 0 Å². The maximum absolute atomic E-state index is 10.9. The number of halogens is 1. The summed E-state index contributed by atoms with van der Waals surface area (Å²) in [4.78, 5) is 15.4. The number of hydrogen-bond acceptors (Lipinski definition) is 2. The molecule has 26 heavy (non-hydrogen) atoms.